The molecule has 0 aliphatic carbocycles. The Hall–Kier alpha value is -2.84. The van der Waals surface area contributed by atoms with Crippen molar-refractivity contribution in [3.8, 4) is 0 Å². The van der Waals surface area contributed by atoms with Gasteiger partial charge < -0.3 is 20.9 Å². The van der Waals surface area contributed by atoms with Crippen molar-refractivity contribution < 1.29 is 18.8 Å². The van der Waals surface area contributed by atoms with Crippen LogP contribution in [0.5, 0.6) is 0 Å². The van der Waals surface area contributed by atoms with Crippen molar-refractivity contribution in [2.24, 2.45) is 0 Å². The van der Waals surface area contributed by atoms with Crippen LogP contribution in [0, 0.1) is 5.82 Å². The average molecular weight is 441 g/mol. The zero-order valence-electron chi connectivity index (χ0n) is 15.5. The Kier molecular flexibility index (Phi) is 8.23. The van der Waals surface area contributed by atoms with Gasteiger partial charge in [0.25, 0.3) is 0 Å². The monoisotopic (exact) mass is 440 g/mol. The summed E-state index contributed by atoms with van der Waals surface area (Å²) in [7, 11) is 1.44. The number of halogens is 3. The van der Waals surface area contributed by atoms with Gasteiger partial charge in [-0.15, -0.1) is 0 Å². The molecule has 29 heavy (non-hydrogen) atoms. The Labute approximate surface area is 177 Å². The van der Waals surface area contributed by atoms with Gasteiger partial charge in [-0.25, -0.2) is 9.18 Å². The van der Waals surface area contributed by atoms with Crippen molar-refractivity contribution in [1.82, 2.24) is 15.5 Å². The van der Waals surface area contributed by atoms with Crippen molar-refractivity contribution in [2.45, 2.75) is 6.54 Å². The minimum atomic E-state index is -0.559. The fourth-order valence-electron chi connectivity index (χ4n) is 2.22. The number of hydrogen-bond acceptors (Lipinski definition) is 3. The Bertz CT molecular complexity index is 894. The summed E-state index contributed by atoms with van der Waals surface area (Å²) in [4.78, 5) is 37.0. The lowest BCUT2D eigenvalue weighted by molar-refractivity contribution is -0.132. The van der Waals surface area contributed by atoms with E-state index in [2.05, 4.69) is 16.0 Å². The maximum absolute atomic E-state index is 12.8. The minimum Gasteiger partial charge on any atom is -0.335 e. The van der Waals surface area contributed by atoms with Gasteiger partial charge in [-0.1, -0.05) is 35.3 Å². The summed E-state index contributed by atoms with van der Waals surface area (Å²) in [6.07, 6.45) is 0. The molecule has 0 saturated carbocycles. The summed E-state index contributed by atoms with van der Waals surface area (Å²) in [5.74, 6) is -1.25. The first-order valence-electron chi connectivity index (χ1n) is 8.49. The van der Waals surface area contributed by atoms with Crippen LogP contribution in [0.2, 0.25) is 10.0 Å². The molecule has 0 radical (unpaired) electrons. The lowest BCUT2D eigenvalue weighted by Gasteiger charge is -2.17. The minimum absolute atomic E-state index is 0.183. The first-order valence-corrected chi connectivity index (χ1v) is 9.25. The van der Waals surface area contributed by atoms with Crippen molar-refractivity contribution in [3.63, 3.8) is 0 Å². The van der Waals surface area contributed by atoms with Crippen LogP contribution in [-0.4, -0.2) is 42.9 Å². The van der Waals surface area contributed by atoms with E-state index < -0.39 is 17.8 Å². The van der Waals surface area contributed by atoms with Gasteiger partial charge in [0.05, 0.1) is 23.1 Å². The van der Waals surface area contributed by atoms with Crippen LogP contribution in [0.1, 0.15) is 5.56 Å². The molecule has 0 aliphatic heterocycles. The fourth-order valence-corrected chi connectivity index (χ4v) is 2.51. The molecule has 0 heterocycles. The number of rotatable bonds is 7. The molecular formula is C19H19Cl2FN4O3. The number of likely N-dealkylation sites (N-methyl/N-ethyl adjacent to an activating group) is 1. The Balaban J connectivity index is 1.71. The quantitative estimate of drug-likeness (QED) is 0.617. The molecule has 2 aromatic carbocycles. The van der Waals surface area contributed by atoms with Gasteiger partial charge in [0, 0.05) is 19.3 Å². The molecule has 0 atom stereocenters. The van der Waals surface area contributed by atoms with Crippen LogP contribution < -0.4 is 16.0 Å². The fraction of sp³-hybridized carbons (Fsp3) is 0.211. The Morgan fingerprint density at radius 1 is 1.00 bits per heavy atom. The number of amides is 4. The largest absolute Gasteiger partial charge is 0.335 e. The van der Waals surface area contributed by atoms with E-state index in [4.69, 9.17) is 23.2 Å². The van der Waals surface area contributed by atoms with E-state index >= 15 is 0 Å². The van der Waals surface area contributed by atoms with Crippen LogP contribution >= 0.6 is 23.2 Å². The second-order valence-electron chi connectivity index (χ2n) is 6.09. The molecule has 2 aromatic rings. The van der Waals surface area contributed by atoms with Crippen molar-refractivity contribution >= 4 is 46.7 Å². The molecule has 0 spiro atoms. The van der Waals surface area contributed by atoms with Crippen LogP contribution in [0.3, 0.4) is 0 Å². The normalized spacial score (nSPS) is 10.2. The first kappa shape index (κ1) is 22.4. The van der Waals surface area contributed by atoms with Crippen molar-refractivity contribution in [2.75, 3.05) is 25.5 Å². The molecule has 0 aliphatic rings. The molecule has 10 heteroatoms. The van der Waals surface area contributed by atoms with Gasteiger partial charge >= 0.3 is 6.03 Å². The van der Waals surface area contributed by atoms with Gasteiger partial charge in [0.2, 0.25) is 11.8 Å². The maximum atomic E-state index is 12.8. The molecule has 0 aromatic heterocycles. The molecule has 154 valence electrons. The maximum Gasteiger partial charge on any atom is 0.315 e. The SMILES string of the molecule is CN(CC(=O)Nc1ccc(Cl)c(Cl)c1)C(=O)CNC(=O)NCc1ccc(F)cc1. The van der Waals surface area contributed by atoms with Gasteiger partial charge in [0.1, 0.15) is 5.82 Å². The number of urea groups is 1. The summed E-state index contributed by atoms with van der Waals surface area (Å²) >= 11 is 11.7. The highest BCUT2D eigenvalue weighted by Crippen LogP contribution is 2.24. The second kappa shape index (κ2) is 10.6. The summed E-state index contributed by atoms with van der Waals surface area (Å²) in [6.45, 7) is -0.314. The lowest BCUT2D eigenvalue weighted by atomic mass is 10.2. The number of hydrogen-bond donors (Lipinski definition) is 3. The topological polar surface area (TPSA) is 90.5 Å². The summed E-state index contributed by atoms with van der Waals surface area (Å²) in [5, 5.41) is 8.21. The number of anilines is 1. The highest BCUT2D eigenvalue weighted by Gasteiger charge is 2.14. The zero-order chi connectivity index (χ0) is 21.4. The predicted molar refractivity (Wildman–Crippen MR) is 109 cm³/mol. The van der Waals surface area contributed by atoms with E-state index in [0.29, 0.717) is 21.3 Å². The van der Waals surface area contributed by atoms with Crippen molar-refractivity contribution in [1.29, 1.82) is 0 Å². The molecule has 0 bridgehead atoms. The molecule has 0 unspecified atom stereocenters. The van der Waals surface area contributed by atoms with Crippen LogP contribution in [0.15, 0.2) is 42.5 Å². The van der Waals surface area contributed by atoms with Crippen LogP contribution in [0.4, 0.5) is 14.9 Å². The molecule has 7 nitrogen and oxygen atoms in total. The number of nitrogens with zero attached hydrogens (tertiary/aromatic N) is 1. The molecule has 3 N–H and O–H groups in total. The number of carbonyl (C=O) groups excluding carboxylic acids is 3. The third-order valence-electron chi connectivity index (χ3n) is 3.78. The van der Waals surface area contributed by atoms with Crippen molar-refractivity contribution in [3.05, 3.63) is 63.9 Å². The average Bonchev–Trinajstić information content (AvgIpc) is 2.68. The number of carbonyl (C=O) groups is 3. The van der Waals surface area contributed by atoms with Gasteiger partial charge in [-0.3, -0.25) is 9.59 Å². The van der Waals surface area contributed by atoms with Gasteiger partial charge in [-0.05, 0) is 35.9 Å². The number of benzene rings is 2. The van der Waals surface area contributed by atoms with Gasteiger partial charge in [-0.2, -0.15) is 0 Å². The molecular weight excluding hydrogens is 422 g/mol. The first-order chi connectivity index (χ1) is 13.7. The third kappa shape index (κ3) is 7.59. The van der Waals surface area contributed by atoms with E-state index in [1.165, 1.54) is 30.1 Å². The predicted octanol–water partition coefficient (Wildman–Crippen LogP) is 3.03. The van der Waals surface area contributed by atoms with E-state index in [1.54, 1.807) is 24.3 Å². The zero-order valence-corrected chi connectivity index (χ0v) is 17.0. The Morgan fingerprint density at radius 2 is 1.69 bits per heavy atom. The molecule has 4 amide bonds. The summed E-state index contributed by atoms with van der Waals surface area (Å²) < 4.78 is 12.8. The molecule has 2 rings (SSSR count). The third-order valence-corrected chi connectivity index (χ3v) is 4.52. The van der Waals surface area contributed by atoms with Crippen LogP contribution in [0.25, 0.3) is 0 Å². The smallest absolute Gasteiger partial charge is 0.315 e. The number of nitrogens with one attached hydrogen (secondary N) is 3. The van der Waals surface area contributed by atoms with Crippen LogP contribution in [-0.2, 0) is 16.1 Å². The highest BCUT2D eigenvalue weighted by molar-refractivity contribution is 6.42. The second-order valence-corrected chi connectivity index (χ2v) is 6.90. The van der Waals surface area contributed by atoms with E-state index in [0.717, 1.165) is 0 Å². The lowest BCUT2D eigenvalue weighted by Crippen LogP contribution is -2.44. The highest BCUT2D eigenvalue weighted by atomic mass is 35.5. The molecule has 0 fully saturated rings. The van der Waals surface area contributed by atoms with Gasteiger partial charge in [0.15, 0.2) is 0 Å². The Morgan fingerprint density at radius 3 is 2.34 bits per heavy atom. The summed E-state index contributed by atoms with van der Waals surface area (Å²) in [5.41, 5.74) is 1.16. The van der Waals surface area contributed by atoms with E-state index in [-0.39, 0.29) is 25.5 Å². The van der Waals surface area contributed by atoms with E-state index in [9.17, 15) is 18.8 Å². The van der Waals surface area contributed by atoms with E-state index in [1.807, 2.05) is 0 Å². The summed E-state index contributed by atoms with van der Waals surface area (Å²) in [6, 6.07) is 9.73. The standard InChI is InChI=1S/C19H19Cl2FN4O3/c1-26(11-17(27)25-14-6-7-15(20)16(21)8-14)18(28)10-24-19(29)23-9-12-2-4-13(22)5-3-12/h2-8H,9-11H2,1H3,(H,25,27)(H2,23,24,29). The molecule has 0 saturated heterocycles.